The average molecular weight is 349 g/mol. The van der Waals surface area contributed by atoms with Gasteiger partial charge in [-0.15, -0.1) is 17.9 Å². The van der Waals surface area contributed by atoms with E-state index in [0.717, 1.165) is 15.1 Å². The molecule has 0 atom stereocenters. The van der Waals surface area contributed by atoms with Crippen LogP contribution in [0.3, 0.4) is 0 Å². The predicted octanol–water partition coefficient (Wildman–Crippen LogP) is 4.27. The third-order valence-electron chi connectivity index (χ3n) is 3.08. The average Bonchev–Trinajstić information content (AvgIpc) is 3.08. The van der Waals surface area contributed by atoms with Crippen LogP contribution in [0.25, 0.3) is 10.2 Å². The normalized spacial score (nSPS) is 12.0. The number of hydrogen-bond donors (Lipinski definition) is 0. The summed E-state index contributed by atoms with van der Waals surface area (Å²) in [6.07, 6.45) is 2.13. The fraction of sp³-hybridized carbons (Fsp3) is 0.125. The quantitative estimate of drug-likeness (QED) is 0.648. The van der Waals surface area contributed by atoms with Crippen molar-refractivity contribution in [2.75, 3.05) is 0 Å². The molecule has 0 bridgehead atoms. The number of allylic oxidation sites excluding steroid dienone is 1. The van der Waals surface area contributed by atoms with Gasteiger partial charge in [-0.3, -0.25) is 4.79 Å². The Bertz CT molecular complexity index is 891. The number of hydrogen-bond acceptors (Lipinski definition) is 3. The first-order valence-corrected chi connectivity index (χ1v) is 8.74. The number of carbonyl (C=O) groups excluding carboxylic acids is 1. The lowest BCUT2D eigenvalue weighted by Gasteiger charge is -2.00. The van der Waals surface area contributed by atoms with Gasteiger partial charge in [-0.2, -0.15) is 4.99 Å². The van der Waals surface area contributed by atoms with Crippen LogP contribution in [0.2, 0.25) is 5.02 Å². The third-order valence-corrected chi connectivity index (χ3v) is 5.24. The van der Waals surface area contributed by atoms with E-state index >= 15 is 0 Å². The molecule has 3 aromatic rings. The lowest BCUT2D eigenvalue weighted by atomic mass is 10.3. The maximum absolute atomic E-state index is 12.2. The summed E-state index contributed by atoms with van der Waals surface area (Å²) in [4.78, 5) is 18.1. The van der Waals surface area contributed by atoms with Crippen molar-refractivity contribution in [2.24, 2.45) is 4.99 Å². The van der Waals surface area contributed by atoms with Gasteiger partial charge in [-0.1, -0.05) is 35.1 Å². The zero-order chi connectivity index (χ0) is 15.5. The molecule has 0 N–H and O–H groups in total. The van der Waals surface area contributed by atoms with Crippen LogP contribution in [0.4, 0.5) is 0 Å². The number of aromatic nitrogens is 1. The van der Waals surface area contributed by atoms with E-state index in [2.05, 4.69) is 11.6 Å². The summed E-state index contributed by atoms with van der Waals surface area (Å²) in [5.41, 5.74) is 1.01. The molecule has 0 spiro atoms. The Kier molecular flexibility index (Phi) is 4.57. The first-order chi connectivity index (χ1) is 10.7. The fourth-order valence-electron chi connectivity index (χ4n) is 2.15. The molecule has 0 fully saturated rings. The maximum atomic E-state index is 12.2. The summed E-state index contributed by atoms with van der Waals surface area (Å²) in [6.45, 7) is 4.38. The second-order valence-electron chi connectivity index (χ2n) is 4.66. The summed E-state index contributed by atoms with van der Waals surface area (Å²) in [5, 5.41) is 2.64. The van der Waals surface area contributed by atoms with E-state index in [0.29, 0.717) is 22.8 Å². The van der Waals surface area contributed by atoms with E-state index in [1.54, 1.807) is 17.4 Å². The van der Waals surface area contributed by atoms with Crippen LogP contribution in [0, 0.1) is 0 Å². The van der Waals surface area contributed by atoms with E-state index in [1.165, 1.54) is 11.3 Å². The Morgan fingerprint density at radius 1 is 1.41 bits per heavy atom. The molecule has 0 aliphatic heterocycles. The van der Waals surface area contributed by atoms with Crippen molar-refractivity contribution in [1.82, 2.24) is 4.57 Å². The molecule has 112 valence electrons. The van der Waals surface area contributed by atoms with Crippen LogP contribution in [0.5, 0.6) is 0 Å². The minimum Gasteiger partial charge on any atom is -0.313 e. The lowest BCUT2D eigenvalue weighted by Crippen LogP contribution is -2.16. The minimum atomic E-state index is -0.141. The van der Waals surface area contributed by atoms with Crippen LogP contribution in [0.1, 0.15) is 4.88 Å². The molecule has 0 saturated carbocycles. The molecule has 1 amide bonds. The molecule has 3 rings (SSSR count). The minimum absolute atomic E-state index is 0.141. The van der Waals surface area contributed by atoms with Crippen molar-refractivity contribution >= 4 is 50.4 Å². The van der Waals surface area contributed by atoms with Gasteiger partial charge in [0.2, 0.25) is 0 Å². The summed E-state index contributed by atoms with van der Waals surface area (Å²) >= 11 is 9.07. The molecule has 0 radical (unpaired) electrons. The number of rotatable bonds is 4. The third kappa shape index (κ3) is 3.21. The largest absolute Gasteiger partial charge is 0.313 e. The van der Waals surface area contributed by atoms with Crippen LogP contribution in [-0.4, -0.2) is 10.5 Å². The van der Waals surface area contributed by atoms with Crippen LogP contribution < -0.4 is 4.80 Å². The molecule has 3 nitrogen and oxygen atoms in total. The van der Waals surface area contributed by atoms with Gasteiger partial charge in [-0.05, 0) is 29.6 Å². The first-order valence-electron chi connectivity index (χ1n) is 6.67. The number of nitrogens with zero attached hydrogens (tertiary/aromatic N) is 2. The molecule has 22 heavy (non-hydrogen) atoms. The zero-order valence-corrected chi connectivity index (χ0v) is 14.0. The maximum Gasteiger partial charge on any atom is 0.253 e. The molecule has 0 unspecified atom stereocenters. The molecular weight excluding hydrogens is 336 g/mol. The molecule has 1 aromatic carbocycles. The van der Waals surface area contributed by atoms with Gasteiger partial charge in [0.1, 0.15) is 0 Å². The van der Waals surface area contributed by atoms with Gasteiger partial charge in [0, 0.05) is 16.4 Å². The van der Waals surface area contributed by atoms with Crippen molar-refractivity contribution in [3.8, 4) is 0 Å². The lowest BCUT2D eigenvalue weighted by molar-refractivity contribution is -0.117. The summed E-state index contributed by atoms with van der Waals surface area (Å²) in [7, 11) is 0. The summed E-state index contributed by atoms with van der Waals surface area (Å²) in [5.74, 6) is -0.141. The smallest absolute Gasteiger partial charge is 0.253 e. The fourth-order valence-corrected chi connectivity index (χ4v) is 4.17. The zero-order valence-electron chi connectivity index (χ0n) is 11.7. The molecular formula is C16H13ClN2OS2. The number of thiophene rings is 1. The van der Waals surface area contributed by atoms with E-state index in [9.17, 15) is 4.79 Å². The number of fused-ring (bicyclic) bond motifs is 1. The van der Waals surface area contributed by atoms with E-state index in [-0.39, 0.29) is 5.91 Å². The van der Waals surface area contributed by atoms with Gasteiger partial charge in [0.05, 0.1) is 16.6 Å². The molecule has 6 heteroatoms. The molecule has 0 saturated heterocycles. The number of benzene rings is 1. The van der Waals surface area contributed by atoms with Crippen molar-refractivity contribution in [3.63, 3.8) is 0 Å². The molecule has 0 aliphatic rings. The first kappa shape index (κ1) is 15.2. The molecule has 0 aliphatic carbocycles. The Labute approximate surface area is 140 Å². The summed E-state index contributed by atoms with van der Waals surface area (Å²) in [6, 6.07) is 9.56. The van der Waals surface area contributed by atoms with Gasteiger partial charge < -0.3 is 4.57 Å². The second-order valence-corrected chi connectivity index (χ2v) is 7.14. The van der Waals surface area contributed by atoms with Gasteiger partial charge in [-0.25, -0.2) is 0 Å². The second kappa shape index (κ2) is 6.60. The number of amides is 1. The van der Waals surface area contributed by atoms with Crippen molar-refractivity contribution in [3.05, 3.63) is 63.1 Å². The predicted molar refractivity (Wildman–Crippen MR) is 93.6 cm³/mol. The van der Waals surface area contributed by atoms with Crippen LogP contribution in [-0.2, 0) is 17.8 Å². The monoisotopic (exact) mass is 348 g/mol. The number of thiazole rings is 1. The molecule has 2 heterocycles. The highest BCUT2D eigenvalue weighted by Gasteiger charge is 2.08. The van der Waals surface area contributed by atoms with Gasteiger partial charge in [0.15, 0.2) is 4.80 Å². The number of halogens is 1. The van der Waals surface area contributed by atoms with Crippen molar-refractivity contribution in [2.45, 2.75) is 13.0 Å². The number of carbonyl (C=O) groups is 1. The van der Waals surface area contributed by atoms with E-state index in [4.69, 9.17) is 11.6 Å². The highest BCUT2D eigenvalue weighted by Crippen LogP contribution is 2.22. The van der Waals surface area contributed by atoms with E-state index < -0.39 is 0 Å². The highest BCUT2D eigenvalue weighted by molar-refractivity contribution is 7.16. The Hall–Kier alpha value is -1.69. The Morgan fingerprint density at radius 3 is 3.00 bits per heavy atom. The molecule has 2 aromatic heterocycles. The standard InChI is InChI=1S/C16H13ClN2OS2/c1-2-7-19-13-6-5-11(17)9-14(13)22-16(19)18-15(20)10-12-4-3-8-21-12/h2-6,8-9H,1,7,10H2. The van der Waals surface area contributed by atoms with Crippen molar-refractivity contribution in [1.29, 1.82) is 0 Å². The SMILES string of the molecule is C=CCn1c(=NC(=O)Cc2cccs2)sc2cc(Cl)ccc21. The van der Waals surface area contributed by atoms with Crippen LogP contribution in [0.15, 0.2) is 53.4 Å². The van der Waals surface area contributed by atoms with Crippen molar-refractivity contribution < 1.29 is 4.79 Å². The van der Waals surface area contributed by atoms with Crippen LogP contribution >= 0.6 is 34.3 Å². The topological polar surface area (TPSA) is 34.4 Å². The van der Waals surface area contributed by atoms with Gasteiger partial charge in [0.25, 0.3) is 5.91 Å². The summed E-state index contributed by atoms with van der Waals surface area (Å²) < 4.78 is 2.99. The Balaban J connectivity index is 2.04. The Morgan fingerprint density at radius 2 is 2.27 bits per heavy atom. The van der Waals surface area contributed by atoms with Gasteiger partial charge >= 0.3 is 0 Å². The highest BCUT2D eigenvalue weighted by atomic mass is 35.5. The van der Waals surface area contributed by atoms with E-state index in [1.807, 2.05) is 40.3 Å².